The third-order valence-electron chi connectivity index (χ3n) is 3.33. The molecule has 2 heterocycles. The summed E-state index contributed by atoms with van der Waals surface area (Å²) >= 11 is 0. The van der Waals surface area contributed by atoms with E-state index in [0.717, 1.165) is 17.0 Å². The van der Waals surface area contributed by atoms with Crippen molar-refractivity contribution in [2.75, 3.05) is 0 Å². The molecule has 0 aliphatic carbocycles. The fourth-order valence-electron chi connectivity index (χ4n) is 2.42. The number of H-pyrrole nitrogens is 2. The highest BCUT2D eigenvalue weighted by atomic mass is 19.1. The topological polar surface area (TPSA) is 31.6 Å². The maximum Gasteiger partial charge on any atom is 0.127 e. The van der Waals surface area contributed by atoms with Crippen LogP contribution in [-0.2, 0) is 0 Å². The zero-order chi connectivity index (χ0) is 13.2. The molecule has 19 heavy (non-hydrogen) atoms. The second-order valence-electron chi connectivity index (χ2n) is 4.71. The molecular weight excluding hydrogens is 239 g/mol. The molecule has 0 unspecified atom stereocenters. The van der Waals surface area contributed by atoms with E-state index in [2.05, 4.69) is 9.97 Å². The van der Waals surface area contributed by atoms with Crippen LogP contribution in [0.4, 0.5) is 4.39 Å². The van der Waals surface area contributed by atoms with E-state index in [-0.39, 0.29) is 11.7 Å². The summed E-state index contributed by atoms with van der Waals surface area (Å²) in [5.41, 5.74) is 3.56. The second kappa shape index (κ2) is 4.76. The molecule has 0 amide bonds. The highest BCUT2D eigenvalue weighted by molar-refractivity contribution is 5.39. The lowest BCUT2D eigenvalue weighted by Crippen LogP contribution is -2.06. The summed E-state index contributed by atoms with van der Waals surface area (Å²) in [5, 5.41) is 0. The maximum atomic E-state index is 14.3. The van der Waals surface area contributed by atoms with Gasteiger partial charge in [0.25, 0.3) is 0 Å². The van der Waals surface area contributed by atoms with Crippen molar-refractivity contribution in [1.82, 2.24) is 9.97 Å². The minimum atomic E-state index is -0.172. The van der Waals surface area contributed by atoms with Crippen molar-refractivity contribution in [3.8, 4) is 0 Å². The Bertz CT molecular complexity index is 620. The van der Waals surface area contributed by atoms with Gasteiger partial charge in [0.2, 0.25) is 0 Å². The molecule has 3 rings (SSSR count). The molecule has 0 bridgehead atoms. The average Bonchev–Trinajstić information content (AvgIpc) is 3.06. The van der Waals surface area contributed by atoms with Gasteiger partial charge in [0.05, 0.1) is 5.92 Å². The van der Waals surface area contributed by atoms with Crippen molar-refractivity contribution >= 4 is 0 Å². The van der Waals surface area contributed by atoms with Crippen LogP contribution in [0.15, 0.2) is 54.9 Å². The lowest BCUT2D eigenvalue weighted by Gasteiger charge is -2.16. The predicted octanol–water partition coefficient (Wildman–Crippen LogP) is 3.97. The van der Waals surface area contributed by atoms with Crippen molar-refractivity contribution in [3.05, 3.63) is 83.2 Å². The van der Waals surface area contributed by atoms with E-state index in [4.69, 9.17) is 0 Å². The van der Waals surface area contributed by atoms with Crippen LogP contribution in [0.1, 0.15) is 28.4 Å². The zero-order valence-corrected chi connectivity index (χ0v) is 10.7. The first-order chi connectivity index (χ1) is 9.25. The Morgan fingerprint density at radius 3 is 2.05 bits per heavy atom. The van der Waals surface area contributed by atoms with Gasteiger partial charge in [-0.05, 0) is 42.8 Å². The highest BCUT2D eigenvalue weighted by Gasteiger charge is 2.21. The number of nitrogens with one attached hydrogen (secondary N) is 2. The lowest BCUT2D eigenvalue weighted by atomic mass is 9.91. The molecule has 0 saturated carbocycles. The standard InChI is InChI=1S/C16H15FN2/c1-11-6-7-12(13(17)10-11)16(14-4-2-8-18-14)15-5-3-9-19-15/h2-10,16,18-19H,1H3. The van der Waals surface area contributed by atoms with Crippen LogP contribution in [0, 0.1) is 12.7 Å². The molecule has 2 N–H and O–H groups in total. The van der Waals surface area contributed by atoms with Gasteiger partial charge in [0, 0.05) is 29.3 Å². The molecule has 1 aromatic carbocycles. The van der Waals surface area contributed by atoms with Crippen molar-refractivity contribution in [2.24, 2.45) is 0 Å². The number of hydrogen-bond donors (Lipinski definition) is 2. The van der Waals surface area contributed by atoms with Crippen LogP contribution < -0.4 is 0 Å². The van der Waals surface area contributed by atoms with Gasteiger partial charge >= 0.3 is 0 Å². The number of aryl methyl sites for hydroxylation is 1. The van der Waals surface area contributed by atoms with Crippen LogP contribution in [0.25, 0.3) is 0 Å². The van der Waals surface area contributed by atoms with Gasteiger partial charge in [-0.2, -0.15) is 0 Å². The molecule has 0 saturated heterocycles. The molecular formula is C16H15FN2. The monoisotopic (exact) mass is 254 g/mol. The largest absolute Gasteiger partial charge is 0.364 e. The van der Waals surface area contributed by atoms with E-state index in [9.17, 15) is 4.39 Å². The Morgan fingerprint density at radius 1 is 0.947 bits per heavy atom. The number of hydrogen-bond acceptors (Lipinski definition) is 0. The smallest absolute Gasteiger partial charge is 0.127 e. The number of aromatic amines is 2. The highest BCUT2D eigenvalue weighted by Crippen LogP contribution is 2.31. The Morgan fingerprint density at radius 2 is 1.58 bits per heavy atom. The number of benzene rings is 1. The molecule has 2 nitrogen and oxygen atoms in total. The van der Waals surface area contributed by atoms with Crippen LogP contribution in [-0.4, -0.2) is 9.97 Å². The molecule has 3 aromatic rings. The Hall–Kier alpha value is -2.29. The SMILES string of the molecule is Cc1ccc(C(c2ccc[nH]2)c2ccc[nH]2)c(F)c1. The third kappa shape index (κ3) is 2.19. The van der Waals surface area contributed by atoms with Crippen LogP contribution in [0.2, 0.25) is 0 Å². The van der Waals surface area contributed by atoms with Gasteiger partial charge < -0.3 is 9.97 Å². The van der Waals surface area contributed by atoms with E-state index in [1.54, 1.807) is 6.07 Å². The van der Waals surface area contributed by atoms with E-state index >= 15 is 0 Å². The summed E-state index contributed by atoms with van der Waals surface area (Å²) in [4.78, 5) is 6.36. The van der Waals surface area contributed by atoms with E-state index in [1.165, 1.54) is 0 Å². The lowest BCUT2D eigenvalue weighted by molar-refractivity contribution is 0.603. The minimum Gasteiger partial charge on any atom is -0.364 e. The molecule has 0 atom stereocenters. The molecule has 0 radical (unpaired) electrons. The van der Waals surface area contributed by atoms with Gasteiger partial charge in [0.15, 0.2) is 0 Å². The van der Waals surface area contributed by atoms with Gasteiger partial charge in [0.1, 0.15) is 5.82 Å². The summed E-state index contributed by atoms with van der Waals surface area (Å²) in [7, 11) is 0. The molecule has 0 aliphatic rings. The molecule has 96 valence electrons. The van der Waals surface area contributed by atoms with Gasteiger partial charge in [-0.25, -0.2) is 4.39 Å². The quantitative estimate of drug-likeness (QED) is 0.708. The third-order valence-corrected chi connectivity index (χ3v) is 3.33. The average molecular weight is 254 g/mol. The van der Waals surface area contributed by atoms with Gasteiger partial charge in [-0.15, -0.1) is 0 Å². The Balaban J connectivity index is 2.14. The van der Waals surface area contributed by atoms with E-state index in [1.807, 2.05) is 55.7 Å². The Labute approximate surface area is 111 Å². The summed E-state index contributed by atoms with van der Waals surface area (Å²) in [5.74, 6) is -0.306. The summed E-state index contributed by atoms with van der Waals surface area (Å²) in [6.07, 6.45) is 3.72. The fraction of sp³-hybridized carbons (Fsp3) is 0.125. The van der Waals surface area contributed by atoms with Crippen molar-refractivity contribution < 1.29 is 4.39 Å². The van der Waals surface area contributed by atoms with Crippen LogP contribution >= 0.6 is 0 Å². The first kappa shape index (κ1) is 11.8. The second-order valence-corrected chi connectivity index (χ2v) is 4.71. The predicted molar refractivity (Wildman–Crippen MR) is 73.7 cm³/mol. The number of aromatic nitrogens is 2. The summed E-state index contributed by atoms with van der Waals surface area (Å²) < 4.78 is 14.3. The van der Waals surface area contributed by atoms with Crippen LogP contribution in [0.5, 0.6) is 0 Å². The van der Waals surface area contributed by atoms with Crippen molar-refractivity contribution in [3.63, 3.8) is 0 Å². The summed E-state index contributed by atoms with van der Waals surface area (Å²) in [6.45, 7) is 1.89. The molecule has 0 fully saturated rings. The normalized spacial score (nSPS) is 11.1. The van der Waals surface area contributed by atoms with E-state index < -0.39 is 0 Å². The summed E-state index contributed by atoms with van der Waals surface area (Å²) in [6, 6.07) is 13.2. The molecule has 2 aromatic heterocycles. The maximum absolute atomic E-state index is 14.3. The Kier molecular flexibility index (Phi) is 2.95. The number of rotatable bonds is 3. The fourth-order valence-corrected chi connectivity index (χ4v) is 2.42. The minimum absolute atomic E-state index is 0.134. The van der Waals surface area contributed by atoms with Crippen molar-refractivity contribution in [1.29, 1.82) is 0 Å². The van der Waals surface area contributed by atoms with Crippen molar-refractivity contribution in [2.45, 2.75) is 12.8 Å². The first-order valence-electron chi connectivity index (χ1n) is 6.28. The van der Waals surface area contributed by atoms with Crippen LogP contribution in [0.3, 0.4) is 0 Å². The number of halogens is 1. The molecule has 3 heteroatoms. The zero-order valence-electron chi connectivity index (χ0n) is 10.7. The van der Waals surface area contributed by atoms with E-state index in [0.29, 0.717) is 5.56 Å². The van der Waals surface area contributed by atoms with Gasteiger partial charge in [-0.3, -0.25) is 0 Å². The first-order valence-corrected chi connectivity index (χ1v) is 6.28. The molecule has 0 aliphatic heterocycles. The molecule has 0 spiro atoms. The van der Waals surface area contributed by atoms with Gasteiger partial charge in [-0.1, -0.05) is 12.1 Å².